The number of ether oxygens (including phenoxy) is 3. The molecule has 0 saturated carbocycles. The maximum atomic E-state index is 13.8. The second kappa shape index (κ2) is 11.4. The summed E-state index contributed by atoms with van der Waals surface area (Å²) in [5.41, 5.74) is 11.2. The van der Waals surface area contributed by atoms with E-state index >= 15 is 0 Å². The fourth-order valence-corrected chi connectivity index (χ4v) is 5.69. The lowest BCUT2D eigenvalue weighted by Gasteiger charge is -2.40. The molecule has 3 aromatic rings. The van der Waals surface area contributed by atoms with Crippen molar-refractivity contribution in [2.24, 2.45) is 11.8 Å². The average molecular weight is 517 g/mol. The lowest BCUT2D eigenvalue weighted by molar-refractivity contribution is -0.129. The molecule has 8 nitrogen and oxygen atoms in total. The molecule has 3 aromatic carbocycles. The Bertz CT molecular complexity index is 1250. The molecular formula is C30H36N4O4. The molecule has 0 bridgehead atoms. The summed E-state index contributed by atoms with van der Waals surface area (Å²) in [7, 11) is 4.86. The van der Waals surface area contributed by atoms with Crippen molar-refractivity contribution in [3.63, 3.8) is 0 Å². The number of nitrogens with one attached hydrogen (secondary N) is 4. The Kier molecular flexibility index (Phi) is 7.83. The first-order valence-corrected chi connectivity index (χ1v) is 13.0. The van der Waals surface area contributed by atoms with E-state index in [2.05, 4.69) is 64.8 Å². The van der Waals surface area contributed by atoms with E-state index in [0.29, 0.717) is 30.2 Å². The minimum Gasteiger partial charge on any atom is -0.496 e. The van der Waals surface area contributed by atoms with Gasteiger partial charge in [0.2, 0.25) is 5.91 Å². The monoisotopic (exact) mass is 516 g/mol. The molecule has 5 rings (SSSR count). The van der Waals surface area contributed by atoms with Crippen LogP contribution in [-0.2, 0) is 11.3 Å². The average Bonchev–Trinajstić information content (AvgIpc) is 3.40. The van der Waals surface area contributed by atoms with Crippen LogP contribution in [0.15, 0.2) is 66.7 Å². The van der Waals surface area contributed by atoms with Crippen molar-refractivity contribution in [3.8, 4) is 17.2 Å². The summed E-state index contributed by atoms with van der Waals surface area (Å²) in [5, 5.41) is 6.95. The number of hydrazine groups is 1. The highest BCUT2D eigenvalue weighted by Crippen LogP contribution is 2.46. The second-order valence-corrected chi connectivity index (χ2v) is 9.95. The summed E-state index contributed by atoms with van der Waals surface area (Å²) in [4.78, 5) is 13.8. The van der Waals surface area contributed by atoms with Gasteiger partial charge in [0.15, 0.2) is 11.5 Å². The first kappa shape index (κ1) is 26.0. The number of hydrogen-bond donors (Lipinski definition) is 4. The maximum Gasteiger partial charge on any atom is 0.223 e. The molecule has 5 unspecified atom stereocenters. The fraction of sp³-hybridized carbons (Fsp3) is 0.367. The summed E-state index contributed by atoms with van der Waals surface area (Å²) in [6.07, 6.45) is 0.464. The molecule has 2 saturated heterocycles. The van der Waals surface area contributed by atoms with Crippen molar-refractivity contribution < 1.29 is 19.0 Å². The van der Waals surface area contributed by atoms with Crippen molar-refractivity contribution in [1.82, 2.24) is 21.5 Å². The zero-order valence-corrected chi connectivity index (χ0v) is 22.3. The van der Waals surface area contributed by atoms with Crippen LogP contribution >= 0.6 is 0 Å². The van der Waals surface area contributed by atoms with Crippen molar-refractivity contribution in [1.29, 1.82) is 0 Å². The highest BCUT2D eigenvalue weighted by atomic mass is 16.5. The predicted octanol–water partition coefficient (Wildman–Crippen LogP) is 3.78. The molecule has 200 valence electrons. The van der Waals surface area contributed by atoms with Crippen LogP contribution in [0.25, 0.3) is 0 Å². The van der Waals surface area contributed by atoms with E-state index in [1.807, 2.05) is 30.3 Å². The summed E-state index contributed by atoms with van der Waals surface area (Å²) >= 11 is 0. The Morgan fingerprint density at radius 3 is 2.26 bits per heavy atom. The van der Waals surface area contributed by atoms with Crippen LogP contribution in [0, 0.1) is 18.8 Å². The van der Waals surface area contributed by atoms with Gasteiger partial charge in [-0.25, -0.2) is 10.9 Å². The number of hydrogen-bond acceptors (Lipinski definition) is 7. The van der Waals surface area contributed by atoms with Crippen LogP contribution in [0.5, 0.6) is 17.2 Å². The van der Waals surface area contributed by atoms with Gasteiger partial charge in [-0.1, -0.05) is 60.2 Å². The highest BCUT2D eigenvalue weighted by Gasteiger charge is 2.49. The number of benzene rings is 3. The van der Waals surface area contributed by atoms with Gasteiger partial charge in [-0.05, 0) is 30.5 Å². The molecular weight excluding hydrogens is 480 g/mol. The van der Waals surface area contributed by atoms with E-state index in [-0.39, 0.29) is 36.0 Å². The third kappa shape index (κ3) is 5.20. The molecule has 0 spiro atoms. The largest absolute Gasteiger partial charge is 0.496 e. The number of methoxy groups -OCH3 is 3. The van der Waals surface area contributed by atoms with E-state index in [9.17, 15) is 4.79 Å². The fourth-order valence-electron chi connectivity index (χ4n) is 5.69. The van der Waals surface area contributed by atoms with Crippen LogP contribution in [0.2, 0.25) is 0 Å². The smallest absolute Gasteiger partial charge is 0.223 e. The maximum absolute atomic E-state index is 13.8. The molecule has 2 aliphatic rings. The summed E-state index contributed by atoms with van der Waals surface area (Å²) in [6, 6.07) is 22.1. The standard InChI is InChI=1S/C30H36N4O4/c1-18-10-12-19(13-11-18)17-31-30(35)22-14-23(21-15-25(37-3)26(38-4)16-24(21)36-2)32-29-27(22)28(33-34-29)20-8-6-5-7-9-20/h5-13,15-16,22-23,27-29,32-34H,14,17H2,1-4H3,(H,31,35). The first-order chi connectivity index (χ1) is 18.5. The van der Waals surface area contributed by atoms with E-state index in [1.54, 1.807) is 21.3 Å². The zero-order valence-electron chi connectivity index (χ0n) is 22.3. The van der Waals surface area contributed by atoms with Gasteiger partial charge in [-0.3, -0.25) is 10.1 Å². The molecule has 2 fully saturated rings. The van der Waals surface area contributed by atoms with Crippen LogP contribution < -0.4 is 35.7 Å². The minimum atomic E-state index is -0.262. The summed E-state index contributed by atoms with van der Waals surface area (Å²) in [5.74, 6) is 1.67. The first-order valence-electron chi connectivity index (χ1n) is 13.0. The van der Waals surface area contributed by atoms with Crippen molar-refractivity contribution in [3.05, 3.63) is 89.0 Å². The van der Waals surface area contributed by atoms with Crippen LogP contribution in [0.4, 0.5) is 0 Å². The van der Waals surface area contributed by atoms with Crippen molar-refractivity contribution >= 4 is 5.91 Å². The molecule has 8 heteroatoms. The molecule has 38 heavy (non-hydrogen) atoms. The highest BCUT2D eigenvalue weighted by molar-refractivity contribution is 5.79. The number of amides is 1. The van der Waals surface area contributed by atoms with E-state index in [1.165, 1.54) is 5.56 Å². The van der Waals surface area contributed by atoms with Gasteiger partial charge in [0.1, 0.15) is 5.75 Å². The third-order valence-electron chi connectivity index (χ3n) is 7.69. The molecule has 5 atom stereocenters. The quantitative estimate of drug-likeness (QED) is 0.362. The molecule has 2 aliphatic heterocycles. The third-order valence-corrected chi connectivity index (χ3v) is 7.69. The van der Waals surface area contributed by atoms with Crippen LogP contribution in [0.3, 0.4) is 0 Å². The molecule has 1 amide bonds. The summed E-state index contributed by atoms with van der Waals surface area (Å²) < 4.78 is 16.8. The number of carbonyl (C=O) groups excluding carboxylic acids is 1. The number of rotatable bonds is 8. The molecule has 0 radical (unpaired) electrons. The Labute approximate surface area is 224 Å². The van der Waals surface area contributed by atoms with E-state index in [0.717, 1.165) is 16.7 Å². The van der Waals surface area contributed by atoms with Gasteiger partial charge >= 0.3 is 0 Å². The van der Waals surface area contributed by atoms with Gasteiger partial charge in [-0.2, -0.15) is 0 Å². The van der Waals surface area contributed by atoms with E-state index in [4.69, 9.17) is 14.2 Å². The van der Waals surface area contributed by atoms with Crippen molar-refractivity contribution in [2.75, 3.05) is 21.3 Å². The number of aryl methyl sites for hydroxylation is 1. The second-order valence-electron chi connectivity index (χ2n) is 9.95. The Morgan fingerprint density at radius 2 is 1.58 bits per heavy atom. The van der Waals surface area contributed by atoms with Crippen LogP contribution in [-0.4, -0.2) is 33.4 Å². The minimum absolute atomic E-state index is 0.00203. The SMILES string of the molecule is COc1cc(OC)c(C2CC(C(=O)NCc3ccc(C)cc3)C3C(NNC3c3ccccc3)N2)cc1OC. The Morgan fingerprint density at radius 1 is 0.895 bits per heavy atom. The van der Waals surface area contributed by atoms with Gasteiger partial charge in [-0.15, -0.1) is 0 Å². The number of carbonyl (C=O) groups is 1. The zero-order chi connectivity index (χ0) is 26.6. The lowest BCUT2D eigenvalue weighted by Crippen LogP contribution is -2.54. The Balaban J connectivity index is 1.46. The normalized spacial score (nSPS) is 24.4. The van der Waals surface area contributed by atoms with Gasteiger partial charge < -0.3 is 19.5 Å². The molecule has 2 heterocycles. The number of fused-ring (bicyclic) bond motifs is 1. The molecule has 0 aromatic heterocycles. The Hall–Kier alpha value is -3.59. The predicted molar refractivity (Wildman–Crippen MR) is 146 cm³/mol. The van der Waals surface area contributed by atoms with Gasteiger partial charge in [0.05, 0.1) is 33.5 Å². The summed E-state index contributed by atoms with van der Waals surface area (Å²) in [6.45, 7) is 2.55. The van der Waals surface area contributed by atoms with Crippen LogP contribution in [0.1, 0.15) is 40.8 Å². The van der Waals surface area contributed by atoms with Gasteiger partial charge in [0.25, 0.3) is 0 Å². The van der Waals surface area contributed by atoms with Crippen molar-refractivity contribution in [2.45, 2.75) is 38.1 Å². The topological polar surface area (TPSA) is 92.9 Å². The lowest BCUT2D eigenvalue weighted by atomic mass is 9.74. The molecule has 4 N–H and O–H groups in total. The molecule has 0 aliphatic carbocycles. The van der Waals surface area contributed by atoms with Gasteiger partial charge in [0, 0.05) is 36.1 Å². The van der Waals surface area contributed by atoms with E-state index < -0.39 is 0 Å². The number of piperidine rings is 1.